The summed E-state index contributed by atoms with van der Waals surface area (Å²) in [6.07, 6.45) is 2.48. The average molecular weight is 421 g/mol. The lowest BCUT2D eigenvalue weighted by atomic mass is 10.1. The number of benzene rings is 2. The lowest BCUT2D eigenvalue weighted by Crippen LogP contribution is -2.29. The van der Waals surface area contributed by atoms with E-state index >= 15 is 0 Å². The van der Waals surface area contributed by atoms with Gasteiger partial charge >= 0.3 is 0 Å². The molecule has 0 radical (unpaired) electrons. The Labute approximate surface area is 178 Å². The molecule has 1 N–H and O–H groups in total. The Hall–Kier alpha value is -3.19. The van der Waals surface area contributed by atoms with Crippen LogP contribution in [0.3, 0.4) is 0 Å². The lowest BCUT2D eigenvalue weighted by Gasteiger charge is -2.09. The van der Waals surface area contributed by atoms with Crippen LogP contribution in [0.1, 0.15) is 11.1 Å². The number of carbonyl (C=O) groups excluding carboxylic acids is 1. The summed E-state index contributed by atoms with van der Waals surface area (Å²) in [4.78, 5) is 21.6. The van der Waals surface area contributed by atoms with E-state index in [4.69, 9.17) is 0 Å². The number of hydrogen-bond acceptors (Lipinski definition) is 4. The smallest absolute Gasteiger partial charge is 0.240 e. The number of fused-ring (bicyclic) bond motifs is 1. The van der Waals surface area contributed by atoms with Crippen molar-refractivity contribution in [1.29, 1.82) is 0 Å². The highest BCUT2D eigenvalue weighted by Gasteiger charge is 2.15. The molecule has 0 atom stereocenters. The molecule has 4 rings (SSSR count). The van der Waals surface area contributed by atoms with Crippen LogP contribution in [0.5, 0.6) is 0 Å². The first-order valence-electron chi connectivity index (χ1n) is 9.68. The summed E-state index contributed by atoms with van der Waals surface area (Å²) in [5.74, 6) is 0.283. The normalized spacial score (nSPS) is 11.0. The highest BCUT2D eigenvalue weighted by atomic mass is 32.2. The summed E-state index contributed by atoms with van der Waals surface area (Å²) in [5.41, 5.74) is 3.59. The van der Waals surface area contributed by atoms with Crippen molar-refractivity contribution in [2.45, 2.75) is 23.9 Å². The number of halogens is 1. The van der Waals surface area contributed by atoms with Crippen molar-refractivity contribution in [1.82, 2.24) is 19.9 Å². The Balaban J connectivity index is 1.44. The third kappa shape index (κ3) is 5.04. The maximum absolute atomic E-state index is 13.1. The molecule has 0 saturated heterocycles. The average Bonchev–Trinajstić information content (AvgIpc) is 3.11. The molecule has 1 amide bonds. The van der Waals surface area contributed by atoms with E-state index in [-0.39, 0.29) is 18.3 Å². The molecule has 5 nitrogen and oxygen atoms in total. The minimum absolute atomic E-state index is 0.0838. The molecule has 0 unspecified atom stereocenters. The van der Waals surface area contributed by atoms with E-state index in [1.165, 1.54) is 29.5 Å². The number of thioether (sulfide) groups is 1. The van der Waals surface area contributed by atoms with Gasteiger partial charge in [0.2, 0.25) is 5.91 Å². The lowest BCUT2D eigenvalue weighted by molar-refractivity contribution is -0.121. The van der Waals surface area contributed by atoms with Gasteiger partial charge in [-0.2, -0.15) is 0 Å². The van der Waals surface area contributed by atoms with E-state index in [0.29, 0.717) is 23.1 Å². The van der Waals surface area contributed by atoms with E-state index < -0.39 is 0 Å². The monoisotopic (exact) mass is 420 g/mol. The molecule has 2 aromatic heterocycles. The third-order valence-electron chi connectivity index (χ3n) is 4.63. The second-order valence-corrected chi connectivity index (χ2v) is 7.77. The molecule has 2 aromatic carbocycles. The molecular formula is C23H21FN4OS. The van der Waals surface area contributed by atoms with E-state index in [0.717, 1.165) is 17.5 Å². The van der Waals surface area contributed by atoms with Crippen LogP contribution in [-0.4, -0.2) is 27.0 Å². The quantitative estimate of drug-likeness (QED) is 0.434. The fourth-order valence-electron chi connectivity index (χ4n) is 3.11. The first-order chi connectivity index (χ1) is 14.7. The zero-order valence-corrected chi connectivity index (χ0v) is 17.1. The van der Waals surface area contributed by atoms with Gasteiger partial charge in [-0.05, 0) is 41.8 Å². The molecule has 0 spiro atoms. The molecule has 7 heteroatoms. The Morgan fingerprint density at radius 2 is 1.80 bits per heavy atom. The van der Waals surface area contributed by atoms with Gasteiger partial charge in [-0.1, -0.05) is 54.2 Å². The van der Waals surface area contributed by atoms with Gasteiger partial charge in [-0.15, -0.1) is 0 Å². The van der Waals surface area contributed by atoms with Crippen LogP contribution in [-0.2, 0) is 23.5 Å². The number of nitrogens with one attached hydrogen (secondary N) is 1. The van der Waals surface area contributed by atoms with Crippen LogP contribution >= 0.6 is 11.8 Å². The van der Waals surface area contributed by atoms with Crippen molar-refractivity contribution in [3.8, 4) is 0 Å². The van der Waals surface area contributed by atoms with Crippen LogP contribution in [0.15, 0.2) is 78.1 Å². The summed E-state index contributed by atoms with van der Waals surface area (Å²) in [6.45, 7) is 0.717. The van der Waals surface area contributed by atoms with Gasteiger partial charge in [0.05, 0.1) is 0 Å². The predicted octanol–water partition coefficient (Wildman–Crippen LogP) is 4.22. The van der Waals surface area contributed by atoms with Gasteiger partial charge in [0.25, 0.3) is 0 Å². The molecule has 0 bridgehead atoms. The molecule has 0 aliphatic heterocycles. The van der Waals surface area contributed by atoms with E-state index in [2.05, 4.69) is 15.3 Å². The van der Waals surface area contributed by atoms with Crippen molar-refractivity contribution in [2.24, 2.45) is 0 Å². The SMILES string of the molecule is O=C(Cn1c(SCc2ccc(F)cc2)nc2cccnc21)NCCc1ccccc1. The molecule has 0 saturated carbocycles. The first kappa shape index (κ1) is 20.1. The maximum Gasteiger partial charge on any atom is 0.240 e. The highest BCUT2D eigenvalue weighted by Crippen LogP contribution is 2.26. The van der Waals surface area contributed by atoms with Crippen LogP contribution < -0.4 is 5.32 Å². The van der Waals surface area contributed by atoms with Crippen molar-refractivity contribution in [3.63, 3.8) is 0 Å². The van der Waals surface area contributed by atoms with E-state index in [1.54, 1.807) is 18.3 Å². The van der Waals surface area contributed by atoms with Crippen molar-refractivity contribution >= 4 is 28.8 Å². The number of rotatable bonds is 8. The Bertz CT molecular complexity index is 1130. The zero-order valence-electron chi connectivity index (χ0n) is 16.3. The predicted molar refractivity (Wildman–Crippen MR) is 117 cm³/mol. The van der Waals surface area contributed by atoms with Gasteiger partial charge in [0, 0.05) is 18.5 Å². The van der Waals surface area contributed by atoms with Gasteiger partial charge < -0.3 is 5.32 Å². The van der Waals surface area contributed by atoms with Gasteiger partial charge in [-0.25, -0.2) is 14.4 Å². The summed E-state index contributed by atoms with van der Waals surface area (Å²) in [6, 6.07) is 20.2. The van der Waals surface area contributed by atoms with E-state index in [1.807, 2.05) is 47.0 Å². The van der Waals surface area contributed by atoms with Crippen LogP contribution in [0.2, 0.25) is 0 Å². The number of pyridine rings is 1. The first-order valence-corrected chi connectivity index (χ1v) is 10.7. The number of aromatic nitrogens is 3. The Morgan fingerprint density at radius 1 is 1.00 bits per heavy atom. The summed E-state index contributed by atoms with van der Waals surface area (Å²) < 4.78 is 15.0. The van der Waals surface area contributed by atoms with Gasteiger partial charge in [0.1, 0.15) is 17.9 Å². The summed E-state index contributed by atoms with van der Waals surface area (Å²) in [7, 11) is 0. The number of imidazole rings is 1. The number of amides is 1. The molecule has 4 aromatic rings. The second-order valence-electron chi connectivity index (χ2n) is 6.83. The largest absolute Gasteiger partial charge is 0.354 e. The molecule has 152 valence electrons. The molecule has 30 heavy (non-hydrogen) atoms. The standard InChI is InChI=1S/C23H21FN4OS/c24-19-10-8-18(9-11-19)16-30-23-27-20-7-4-13-26-22(20)28(23)15-21(29)25-14-12-17-5-2-1-3-6-17/h1-11,13H,12,14-16H2,(H,25,29). The van der Waals surface area contributed by atoms with Crippen LogP contribution in [0, 0.1) is 5.82 Å². The van der Waals surface area contributed by atoms with Gasteiger partial charge in [0.15, 0.2) is 10.8 Å². The zero-order chi connectivity index (χ0) is 20.8. The number of nitrogens with zero attached hydrogens (tertiary/aromatic N) is 3. The van der Waals surface area contributed by atoms with Crippen LogP contribution in [0.25, 0.3) is 11.2 Å². The maximum atomic E-state index is 13.1. The summed E-state index contributed by atoms with van der Waals surface area (Å²) >= 11 is 1.50. The molecule has 0 fully saturated rings. The minimum Gasteiger partial charge on any atom is -0.354 e. The van der Waals surface area contributed by atoms with E-state index in [9.17, 15) is 9.18 Å². The molecular weight excluding hydrogens is 399 g/mol. The topological polar surface area (TPSA) is 59.8 Å². The van der Waals surface area contributed by atoms with Crippen molar-refractivity contribution < 1.29 is 9.18 Å². The molecule has 0 aliphatic rings. The summed E-state index contributed by atoms with van der Waals surface area (Å²) in [5, 5.41) is 3.69. The molecule has 2 heterocycles. The number of hydrogen-bond donors (Lipinski definition) is 1. The highest BCUT2D eigenvalue weighted by molar-refractivity contribution is 7.98. The molecule has 0 aliphatic carbocycles. The van der Waals surface area contributed by atoms with Crippen molar-refractivity contribution in [3.05, 3.63) is 89.9 Å². The minimum atomic E-state index is -0.257. The third-order valence-corrected chi connectivity index (χ3v) is 5.68. The second kappa shape index (κ2) is 9.54. The Morgan fingerprint density at radius 3 is 2.60 bits per heavy atom. The fourth-order valence-corrected chi connectivity index (χ4v) is 4.07. The Kier molecular flexibility index (Phi) is 6.39. The fraction of sp³-hybridized carbons (Fsp3) is 0.174. The van der Waals surface area contributed by atoms with Gasteiger partial charge in [-0.3, -0.25) is 9.36 Å². The van der Waals surface area contributed by atoms with Crippen molar-refractivity contribution in [2.75, 3.05) is 6.54 Å². The number of carbonyl (C=O) groups is 1. The van der Waals surface area contributed by atoms with Crippen LogP contribution in [0.4, 0.5) is 4.39 Å².